The first-order valence-corrected chi connectivity index (χ1v) is 5.43. The summed E-state index contributed by atoms with van der Waals surface area (Å²) in [6, 6.07) is 3.37. The summed E-state index contributed by atoms with van der Waals surface area (Å²) in [7, 11) is 1.57. The van der Waals surface area contributed by atoms with E-state index in [1.807, 2.05) is 0 Å². The summed E-state index contributed by atoms with van der Waals surface area (Å²) in [5, 5.41) is 8.89. The van der Waals surface area contributed by atoms with E-state index in [9.17, 15) is 8.78 Å². The Morgan fingerprint density at radius 1 is 1.29 bits per heavy atom. The van der Waals surface area contributed by atoms with Crippen molar-refractivity contribution in [2.45, 2.75) is 6.54 Å². The fourth-order valence-corrected chi connectivity index (χ4v) is 1.54. The van der Waals surface area contributed by atoms with Crippen LogP contribution in [0.2, 0.25) is 0 Å². The zero-order valence-electron chi connectivity index (χ0n) is 9.83. The minimum atomic E-state index is -0.461. The van der Waals surface area contributed by atoms with Crippen LogP contribution in [0.15, 0.2) is 18.2 Å². The van der Waals surface area contributed by atoms with E-state index < -0.39 is 11.6 Å². The summed E-state index contributed by atoms with van der Waals surface area (Å²) in [5.41, 5.74) is 0.287. The summed E-state index contributed by atoms with van der Waals surface area (Å²) >= 11 is 0. The van der Waals surface area contributed by atoms with Gasteiger partial charge in [-0.15, -0.1) is 0 Å². The second kappa shape index (κ2) is 7.32. The average Bonchev–Trinajstić information content (AvgIpc) is 2.31. The number of halogens is 2. The maximum absolute atomic E-state index is 13.4. The van der Waals surface area contributed by atoms with Crippen molar-refractivity contribution < 1.29 is 18.6 Å². The monoisotopic (exact) mass is 245 g/mol. The quantitative estimate of drug-likeness (QED) is 0.788. The van der Waals surface area contributed by atoms with Crippen molar-refractivity contribution in [1.29, 1.82) is 0 Å². The van der Waals surface area contributed by atoms with Crippen LogP contribution in [0.25, 0.3) is 0 Å². The third-order valence-corrected chi connectivity index (χ3v) is 2.43. The van der Waals surface area contributed by atoms with Gasteiger partial charge in [0.2, 0.25) is 0 Å². The Morgan fingerprint density at radius 2 is 2.06 bits per heavy atom. The van der Waals surface area contributed by atoms with Gasteiger partial charge in [-0.3, -0.25) is 4.90 Å². The highest BCUT2D eigenvalue weighted by Gasteiger charge is 2.09. The van der Waals surface area contributed by atoms with Crippen molar-refractivity contribution in [3.63, 3.8) is 0 Å². The topological polar surface area (TPSA) is 32.7 Å². The smallest absolute Gasteiger partial charge is 0.127 e. The molecule has 0 heterocycles. The van der Waals surface area contributed by atoms with Crippen molar-refractivity contribution in [1.82, 2.24) is 4.90 Å². The average molecular weight is 245 g/mol. The molecule has 0 unspecified atom stereocenters. The molecule has 0 amide bonds. The van der Waals surface area contributed by atoms with Crippen LogP contribution in [0.4, 0.5) is 8.78 Å². The molecule has 5 heteroatoms. The van der Waals surface area contributed by atoms with Gasteiger partial charge in [0, 0.05) is 32.3 Å². The van der Waals surface area contributed by atoms with E-state index in [1.54, 1.807) is 12.0 Å². The lowest BCUT2D eigenvalue weighted by atomic mass is 10.2. The highest BCUT2D eigenvalue weighted by molar-refractivity contribution is 5.18. The molecular formula is C12H17F2NO2. The SMILES string of the molecule is COCCN(CCO)Cc1cc(F)ccc1F. The molecule has 1 aromatic carbocycles. The number of ether oxygens (including phenoxy) is 1. The Kier molecular flexibility index (Phi) is 6.04. The van der Waals surface area contributed by atoms with E-state index in [0.717, 1.165) is 12.1 Å². The van der Waals surface area contributed by atoms with Gasteiger partial charge in [0.15, 0.2) is 0 Å². The molecule has 0 saturated carbocycles. The third kappa shape index (κ3) is 4.77. The molecule has 0 fully saturated rings. The third-order valence-electron chi connectivity index (χ3n) is 2.43. The first-order chi connectivity index (χ1) is 8.17. The first-order valence-electron chi connectivity index (χ1n) is 5.43. The number of aliphatic hydroxyl groups excluding tert-OH is 1. The minimum absolute atomic E-state index is 0.0271. The number of nitrogens with zero attached hydrogens (tertiary/aromatic N) is 1. The van der Waals surface area contributed by atoms with E-state index in [-0.39, 0.29) is 18.7 Å². The second-order valence-electron chi connectivity index (χ2n) is 3.73. The number of hydrogen-bond donors (Lipinski definition) is 1. The molecule has 17 heavy (non-hydrogen) atoms. The Bertz CT molecular complexity index is 347. The summed E-state index contributed by atoms with van der Waals surface area (Å²) in [5.74, 6) is -0.899. The molecular weight excluding hydrogens is 228 g/mol. The summed E-state index contributed by atoms with van der Waals surface area (Å²) in [4.78, 5) is 1.81. The van der Waals surface area contributed by atoms with Crippen LogP contribution in [0.3, 0.4) is 0 Å². The molecule has 3 nitrogen and oxygen atoms in total. The summed E-state index contributed by atoms with van der Waals surface area (Å²) in [6.45, 7) is 1.68. The van der Waals surface area contributed by atoms with Gasteiger partial charge < -0.3 is 9.84 Å². The van der Waals surface area contributed by atoms with Crippen molar-refractivity contribution in [2.24, 2.45) is 0 Å². The van der Waals surface area contributed by atoms with Gasteiger partial charge in [0.1, 0.15) is 11.6 Å². The summed E-state index contributed by atoms with van der Waals surface area (Å²) in [6.07, 6.45) is 0. The lowest BCUT2D eigenvalue weighted by Crippen LogP contribution is -2.30. The van der Waals surface area contributed by atoms with Crippen LogP contribution in [0.5, 0.6) is 0 Å². The standard InChI is InChI=1S/C12H17F2NO2/c1-17-7-5-15(4-6-16)9-10-8-11(13)2-3-12(10)14/h2-3,8,16H,4-7,9H2,1H3. The number of hydrogen-bond acceptors (Lipinski definition) is 3. The lowest BCUT2D eigenvalue weighted by molar-refractivity contribution is 0.126. The highest BCUT2D eigenvalue weighted by atomic mass is 19.1. The van der Waals surface area contributed by atoms with Crippen LogP contribution >= 0.6 is 0 Å². The van der Waals surface area contributed by atoms with E-state index >= 15 is 0 Å². The fraction of sp³-hybridized carbons (Fsp3) is 0.500. The predicted molar refractivity (Wildman–Crippen MR) is 60.6 cm³/mol. The molecule has 0 aromatic heterocycles. The zero-order chi connectivity index (χ0) is 12.7. The van der Waals surface area contributed by atoms with Crippen LogP contribution in [0.1, 0.15) is 5.56 Å². The van der Waals surface area contributed by atoms with Crippen molar-refractivity contribution >= 4 is 0 Å². The molecule has 0 atom stereocenters. The molecule has 0 aliphatic heterocycles. The Balaban J connectivity index is 2.67. The number of methoxy groups -OCH3 is 1. The van der Waals surface area contributed by atoms with Gasteiger partial charge in [0.05, 0.1) is 13.2 Å². The van der Waals surface area contributed by atoms with Crippen LogP contribution in [-0.4, -0.2) is 43.4 Å². The van der Waals surface area contributed by atoms with Crippen molar-refractivity contribution in [2.75, 3.05) is 33.4 Å². The van der Waals surface area contributed by atoms with E-state index in [1.165, 1.54) is 6.07 Å². The normalized spacial score (nSPS) is 11.1. The first kappa shape index (κ1) is 14.0. The minimum Gasteiger partial charge on any atom is -0.395 e. The largest absolute Gasteiger partial charge is 0.395 e. The number of rotatable bonds is 7. The molecule has 96 valence electrons. The highest BCUT2D eigenvalue weighted by Crippen LogP contribution is 2.12. The van der Waals surface area contributed by atoms with Gasteiger partial charge in [-0.05, 0) is 18.2 Å². The van der Waals surface area contributed by atoms with E-state index in [0.29, 0.717) is 19.7 Å². The van der Waals surface area contributed by atoms with E-state index in [4.69, 9.17) is 9.84 Å². The van der Waals surface area contributed by atoms with Crippen molar-refractivity contribution in [3.8, 4) is 0 Å². The van der Waals surface area contributed by atoms with Crippen LogP contribution in [-0.2, 0) is 11.3 Å². The molecule has 1 N–H and O–H groups in total. The molecule has 0 aliphatic carbocycles. The lowest BCUT2D eigenvalue weighted by Gasteiger charge is -2.21. The molecule has 0 bridgehead atoms. The molecule has 0 aliphatic rings. The molecule has 1 aromatic rings. The van der Waals surface area contributed by atoms with Gasteiger partial charge in [-0.2, -0.15) is 0 Å². The molecule has 1 rings (SSSR count). The van der Waals surface area contributed by atoms with Gasteiger partial charge >= 0.3 is 0 Å². The van der Waals surface area contributed by atoms with Crippen LogP contribution in [0, 0.1) is 11.6 Å². The maximum Gasteiger partial charge on any atom is 0.127 e. The van der Waals surface area contributed by atoms with Gasteiger partial charge in [-0.25, -0.2) is 8.78 Å². The Hall–Kier alpha value is -1.04. The van der Waals surface area contributed by atoms with Gasteiger partial charge in [0.25, 0.3) is 0 Å². The maximum atomic E-state index is 13.4. The fourth-order valence-electron chi connectivity index (χ4n) is 1.54. The van der Waals surface area contributed by atoms with Crippen molar-refractivity contribution in [3.05, 3.63) is 35.4 Å². The second-order valence-corrected chi connectivity index (χ2v) is 3.73. The van der Waals surface area contributed by atoms with Crippen LogP contribution < -0.4 is 0 Å². The molecule has 0 spiro atoms. The zero-order valence-corrected chi connectivity index (χ0v) is 9.83. The Morgan fingerprint density at radius 3 is 2.71 bits per heavy atom. The number of benzene rings is 1. The summed E-state index contributed by atoms with van der Waals surface area (Å²) < 4.78 is 31.3. The molecule has 0 radical (unpaired) electrons. The van der Waals surface area contributed by atoms with E-state index in [2.05, 4.69) is 0 Å². The van der Waals surface area contributed by atoms with Gasteiger partial charge in [-0.1, -0.05) is 0 Å². The molecule has 0 saturated heterocycles. The predicted octanol–water partition coefficient (Wildman–Crippen LogP) is 1.41. The Labute approximate surface area is 99.6 Å². The number of aliphatic hydroxyl groups is 1.